The number of aromatic nitrogens is 1. The molecule has 1 amide bonds. The van der Waals surface area contributed by atoms with Gasteiger partial charge in [-0.25, -0.2) is 4.98 Å². The first kappa shape index (κ1) is 19.5. The van der Waals surface area contributed by atoms with Gasteiger partial charge in [-0.15, -0.1) is 0 Å². The molecule has 0 spiro atoms. The van der Waals surface area contributed by atoms with Crippen LogP contribution in [0.25, 0.3) is 22.2 Å². The van der Waals surface area contributed by atoms with Gasteiger partial charge in [0, 0.05) is 28.3 Å². The predicted molar refractivity (Wildman–Crippen MR) is 119 cm³/mol. The van der Waals surface area contributed by atoms with Gasteiger partial charge in [0.1, 0.15) is 11.5 Å². The molecular formula is C25H22N2O3. The second-order valence-electron chi connectivity index (χ2n) is 6.72. The Morgan fingerprint density at radius 3 is 2.57 bits per heavy atom. The number of amides is 1. The van der Waals surface area contributed by atoms with Gasteiger partial charge in [-0.3, -0.25) is 4.79 Å². The Bertz CT molecular complexity index is 1190. The first-order valence-corrected chi connectivity index (χ1v) is 9.76. The summed E-state index contributed by atoms with van der Waals surface area (Å²) in [6.45, 7) is 2.48. The van der Waals surface area contributed by atoms with Crippen LogP contribution in [0.5, 0.6) is 11.5 Å². The van der Waals surface area contributed by atoms with E-state index in [0.29, 0.717) is 23.6 Å². The molecule has 5 heteroatoms. The van der Waals surface area contributed by atoms with Crippen molar-refractivity contribution in [1.29, 1.82) is 0 Å². The number of ether oxygens (including phenoxy) is 2. The number of nitrogens with zero attached hydrogens (tertiary/aromatic N) is 1. The molecule has 0 aliphatic carbocycles. The highest BCUT2D eigenvalue weighted by atomic mass is 16.5. The molecule has 3 aromatic carbocycles. The SMILES string of the molecule is CCOc1cc(-c2ccccc2)nc2ccc(NC(=O)c3cccc(OC)c3)cc12. The number of hydrogen-bond acceptors (Lipinski definition) is 4. The maximum Gasteiger partial charge on any atom is 0.255 e. The van der Waals surface area contributed by atoms with E-state index in [9.17, 15) is 4.79 Å². The molecule has 5 nitrogen and oxygen atoms in total. The lowest BCUT2D eigenvalue weighted by Crippen LogP contribution is -2.12. The molecule has 0 unspecified atom stereocenters. The van der Waals surface area contributed by atoms with Crippen LogP contribution in [-0.4, -0.2) is 24.6 Å². The number of pyridine rings is 1. The van der Waals surface area contributed by atoms with Crippen LogP contribution < -0.4 is 14.8 Å². The summed E-state index contributed by atoms with van der Waals surface area (Å²) in [6, 6.07) is 24.6. The van der Waals surface area contributed by atoms with Gasteiger partial charge < -0.3 is 14.8 Å². The minimum Gasteiger partial charge on any atom is -0.497 e. The molecule has 0 fully saturated rings. The molecule has 1 heterocycles. The maximum absolute atomic E-state index is 12.7. The van der Waals surface area contributed by atoms with Crippen LogP contribution in [-0.2, 0) is 0 Å². The van der Waals surface area contributed by atoms with Crippen molar-refractivity contribution in [2.45, 2.75) is 6.92 Å². The fourth-order valence-corrected chi connectivity index (χ4v) is 3.27. The average Bonchev–Trinajstić information content (AvgIpc) is 2.80. The zero-order chi connectivity index (χ0) is 20.9. The highest BCUT2D eigenvalue weighted by Gasteiger charge is 2.12. The number of fused-ring (bicyclic) bond motifs is 1. The van der Waals surface area contributed by atoms with Crippen LogP contribution in [0.2, 0.25) is 0 Å². The molecule has 4 rings (SSSR count). The van der Waals surface area contributed by atoms with Crippen molar-refractivity contribution >= 4 is 22.5 Å². The molecule has 0 aliphatic rings. The molecule has 4 aromatic rings. The van der Waals surface area contributed by atoms with E-state index in [2.05, 4.69) is 5.32 Å². The first-order chi connectivity index (χ1) is 14.7. The van der Waals surface area contributed by atoms with Crippen LogP contribution >= 0.6 is 0 Å². The molecule has 0 bridgehead atoms. The Labute approximate surface area is 175 Å². The van der Waals surface area contributed by atoms with Crippen molar-refractivity contribution in [2.24, 2.45) is 0 Å². The van der Waals surface area contributed by atoms with Gasteiger partial charge in [0.25, 0.3) is 5.91 Å². The van der Waals surface area contributed by atoms with E-state index in [1.165, 1.54) is 0 Å². The smallest absolute Gasteiger partial charge is 0.255 e. The third kappa shape index (κ3) is 4.10. The summed E-state index contributed by atoms with van der Waals surface area (Å²) in [6.07, 6.45) is 0. The lowest BCUT2D eigenvalue weighted by atomic mass is 10.1. The lowest BCUT2D eigenvalue weighted by Gasteiger charge is -2.12. The summed E-state index contributed by atoms with van der Waals surface area (Å²) in [5.74, 6) is 1.16. The second kappa shape index (κ2) is 8.66. The topological polar surface area (TPSA) is 60.5 Å². The van der Waals surface area contributed by atoms with E-state index in [1.54, 1.807) is 31.4 Å². The molecule has 0 saturated heterocycles. The zero-order valence-corrected chi connectivity index (χ0v) is 16.9. The quantitative estimate of drug-likeness (QED) is 0.462. The predicted octanol–water partition coefficient (Wildman–Crippen LogP) is 5.56. The molecule has 1 aromatic heterocycles. The summed E-state index contributed by atoms with van der Waals surface area (Å²) in [7, 11) is 1.58. The van der Waals surface area contributed by atoms with Gasteiger partial charge in [-0.2, -0.15) is 0 Å². The summed E-state index contributed by atoms with van der Waals surface area (Å²) in [5.41, 5.74) is 3.87. The molecule has 0 radical (unpaired) electrons. The van der Waals surface area contributed by atoms with Gasteiger partial charge >= 0.3 is 0 Å². The lowest BCUT2D eigenvalue weighted by molar-refractivity contribution is 0.102. The van der Waals surface area contributed by atoms with Crippen molar-refractivity contribution in [3.63, 3.8) is 0 Å². The number of carbonyl (C=O) groups is 1. The van der Waals surface area contributed by atoms with E-state index in [1.807, 2.05) is 61.5 Å². The summed E-state index contributed by atoms with van der Waals surface area (Å²) in [5, 5.41) is 3.79. The molecule has 0 atom stereocenters. The third-order valence-electron chi connectivity index (χ3n) is 4.73. The Hall–Kier alpha value is -3.86. The number of methoxy groups -OCH3 is 1. The fourth-order valence-electron chi connectivity index (χ4n) is 3.27. The number of nitrogens with one attached hydrogen (secondary N) is 1. The Morgan fingerprint density at radius 2 is 1.80 bits per heavy atom. The largest absolute Gasteiger partial charge is 0.497 e. The van der Waals surface area contributed by atoms with Crippen molar-refractivity contribution in [1.82, 2.24) is 4.98 Å². The van der Waals surface area contributed by atoms with Gasteiger partial charge in [-0.05, 0) is 43.3 Å². The van der Waals surface area contributed by atoms with Crippen LogP contribution in [0.3, 0.4) is 0 Å². The average molecular weight is 398 g/mol. The van der Waals surface area contributed by atoms with E-state index >= 15 is 0 Å². The minimum absolute atomic E-state index is 0.208. The Balaban J connectivity index is 1.69. The van der Waals surface area contributed by atoms with Crippen LogP contribution in [0.15, 0.2) is 78.9 Å². The summed E-state index contributed by atoms with van der Waals surface area (Å²) >= 11 is 0. The van der Waals surface area contributed by atoms with Crippen molar-refractivity contribution in [3.05, 3.63) is 84.4 Å². The number of benzene rings is 3. The molecular weight excluding hydrogens is 376 g/mol. The second-order valence-corrected chi connectivity index (χ2v) is 6.72. The first-order valence-electron chi connectivity index (χ1n) is 9.76. The fraction of sp³-hybridized carbons (Fsp3) is 0.120. The van der Waals surface area contributed by atoms with Crippen LogP contribution in [0.1, 0.15) is 17.3 Å². The van der Waals surface area contributed by atoms with Gasteiger partial charge in [0.05, 0.1) is 24.9 Å². The monoisotopic (exact) mass is 398 g/mol. The Kier molecular flexibility index (Phi) is 5.61. The molecule has 0 aliphatic heterocycles. The molecule has 30 heavy (non-hydrogen) atoms. The highest BCUT2D eigenvalue weighted by molar-refractivity contribution is 6.05. The number of hydrogen-bond donors (Lipinski definition) is 1. The number of carbonyl (C=O) groups excluding carboxylic acids is 1. The third-order valence-corrected chi connectivity index (χ3v) is 4.73. The molecule has 1 N–H and O–H groups in total. The van der Waals surface area contributed by atoms with Crippen molar-refractivity contribution < 1.29 is 14.3 Å². The molecule has 150 valence electrons. The van der Waals surface area contributed by atoms with E-state index in [0.717, 1.165) is 27.9 Å². The molecule has 0 saturated carbocycles. The van der Waals surface area contributed by atoms with Crippen LogP contribution in [0, 0.1) is 0 Å². The van der Waals surface area contributed by atoms with Crippen LogP contribution in [0.4, 0.5) is 5.69 Å². The summed E-state index contributed by atoms with van der Waals surface area (Å²) in [4.78, 5) is 17.4. The van der Waals surface area contributed by atoms with Gasteiger partial charge in [0.2, 0.25) is 0 Å². The van der Waals surface area contributed by atoms with E-state index in [-0.39, 0.29) is 5.91 Å². The standard InChI is InChI=1S/C25H22N2O3/c1-3-30-24-16-23(17-8-5-4-6-9-17)27-22-13-12-19(15-21(22)24)26-25(28)18-10-7-11-20(14-18)29-2/h4-16H,3H2,1-2H3,(H,26,28). The highest BCUT2D eigenvalue weighted by Crippen LogP contribution is 2.32. The van der Waals surface area contributed by atoms with E-state index in [4.69, 9.17) is 14.5 Å². The zero-order valence-electron chi connectivity index (χ0n) is 16.9. The van der Waals surface area contributed by atoms with Gasteiger partial charge in [0.15, 0.2) is 0 Å². The minimum atomic E-state index is -0.208. The van der Waals surface area contributed by atoms with Crippen molar-refractivity contribution in [3.8, 4) is 22.8 Å². The van der Waals surface area contributed by atoms with Gasteiger partial charge in [-0.1, -0.05) is 36.4 Å². The number of anilines is 1. The van der Waals surface area contributed by atoms with E-state index < -0.39 is 0 Å². The normalized spacial score (nSPS) is 10.6. The maximum atomic E-state index is 12.7. The number of rotatable bonds is 6. The Morgan fingerprint density at radius 1 is 0.967 bits per heavy atom. The van der Waals surface area contributed by atoms with Crippen molar-refractivity contribution in [2.75, 3.05) is 19.0 Å². The summed E-state index contributed by atoms with van der Waals surface area (Å²) < 4.78 is 11.1.